The van der Waals surface area contributed by atoms with Gasteiger partial charge in [0.1, 0.15) is 5.25 Å². The third kappa shape index (κ3) is 1.90. The second kappa shape index (κ2) is 2.71. The molecule has 0 N–H and O–H groups in total. The molecule has 1 rings (SSSR count). The minimum absolute atomic E-state index is 0.152. The van der Waals surface area contributed by atoms with Crippen LogP contribution in [0.3, 0.4) is 0 Å². The van der Waals surface area contributed by atoms with Crippen LogP contribution in [0.15, 0.2) is 0 Å². The first-order valence-electron chi connectivity index (χ1n) is 3.50. The van der Waals surface area contributed by atoms with E-state index in [1.807, 2.05) is 0 Å². The van der Waals surface area contributed by atoms with Crippen molar-refractivity contribution in [1.29, 1.82) is 0 Å². The van der Waals surface area contributed by atoms with Crippen LogP contribution in [0.2, 0.25) is 0 Å². The average Bonchev–Trinajstić information content (AvgIpc) is 2.08. The van der Waals surface area contributed by atoms with E-state index in [9.17, 15) is 12.3 Å². The Balaban J connectivity index is 2.76. The third-order valence-corrected chi connectivity index (χ3v) is 3.20. The van der Waals surface area contributed by atoms with E-state index < -0.39 is 21.6 Å². The predicted octanol–water partition coefficient (Wildman–Crippen LogP) is 0.852. The lowest BCUT2D eigenvalue weighted by molar-refractivity contribution is 0.0676. The van der Waals surface area contributed by atoms with Crippen molar-refractivity contribution in [2.75, 3.05) is 0 Å². The Morgan fingerprint density at radius 1 is 1.45 bits per heavy atom. The minimum atomic E-state index is -4.41. The van der Waals surface area contributed by atoms with Crippen LogP contribution in [0, 0.1) is 0 Å². The molecule has 1 saturated heterocycles. The topological polar surface area (TPSA) is 43.4 Å². The largest absolute Gasteiger partial charge is 0.374 e. The first-order valence-corrected chi connectivity index (χ1v) is 4.95. The van der Waals surface area contributed by atoms with E-state index in [0.29, 0.717) is 0 Å². The molecule has 66 valence electrons. The van der Waals surface area contributed by atoms with Gasteiger partial charge in [-0.05, 0) is 20.3 Å². The van der Waals surface area contributed by atoms with E-state index >= 15 is 0 Å². The Morgan fingerprint density at radius 3 is 2.18 bits per heavy atom. The summed E-state index contributed by atoms with van der Waals surface area (Å²) in [5, 5.41) is -0.961. The fraction of sp³-hybridized carbons (Fsp3) is 1.00. The van der Waals surface area contributed by atoms with Gasteiger partial charge in [0.2, 0.25) is 0 Å². The van der Waals surface area contributed by atoms with E-state index in [1.54, 1.807) is 13.8 Å². The maximum Gasteiger partial charge on any atom is 0.307 e. The number of hydrogen-bond acceptors (Lipinski definition) is 3. The molecule has 1 fully saturated rings. The zero-order valence-corrected chi connectivity index (χ0v) is 7.27. The molecule has 0 spiro atoms. The minimum Gasteiger partial charge on any atom is -0.374 e. The van der Waals surface area contributed by atoms with Crippen molar-refractivity contribution in [3.8, 4) is 0 Å². The van der Waals surface area contributed by atoms with Gasteiger partial charge in [-0.1, -0.05) is 0 Å². The fourth-order valence-corrected chi connectivity index (χ4v) is 2.40. The zero-order valence-electron chi connectivity index (χ0n) is 6.45. The number of halogens is 1. The van der Waals surface area contributed by atoms with Gasteiger partial charge in [0, 0.05) is 0 Å². The first kappa shape index (κ1) is 8.93. The van der Waals surface area contributed by atoms with Gasteiger partial charge in [0.25, 0.3) is 0 Å². The van der Waals surface area contributed by atoms with Crippen molar-refractivity contribution in [1.82, 2.24) is 0 Å². The van der Waals surface area contributed by atoms with E-state index in [-0.39, 0.29) is 12.5 Å². The van der Waals surface area contributed by atoms with Crippen LogP contribution >= 0.6 is 0 Å². The second-order valence-electron chi connectivity index (χ2n) is 2.90. The lowest BCUT2D eigenvalue weighted by Crippen LogP contribution is -2.24. The molecule has 0 aliphatic carbocycles. The van der Waals surface area contributed by atoms with Crippen LogP contribution < -0.4 is 0 Å². The highest BCUT2D eigenvalue weighted by atomic mass is 32.3. The SMILES string of the molecule is CC1CC(S(=O)(=O)F)C(C)O1. The predicted molar refractivity (Wildman–Crippen MR) is 38.4 cm³/mol. The van der Waals surface area contributed by atoms with Crippen molar-refractivity contribution < 1.29 is 17.0 Å². The summed E-state index contributed by atoms with van der Waals surface area (Å²) in [4.78, 5) is 0. The Kier molecular flexibility index (Phi) is 2.20. The quantitative estimate of drug-likeness (QED) is 0.565. The summed E-state index contributed by atoms with van der Waals surface area (Å²) in [5.74, 6) is 0. The number of rotatable bonds is 1. The van der Waals surface area contributed by atoms with Crippen molar-refractivity contribution in [3.63, 3.8) is 0 Å². The molecule has 0 saturated carbocycles. The standard InChI is InChI=1S/C6H11FO3S/c1-4-3-6(5(2)10-4)11(7,8)9/h4-6H,3H2,1-2H3. The van der Waals surface area contributed by atoms with Gasteiger partial charge < -0.3 is 4.74 Å². The van der Waals surface area contributed by atoms with Crippen molar-refractivity contribution in [2.24, 2.45) is 0 Å². The highest BCUT2D eigenvalue weighted by Crippen LogP contribution is 2.26. The molecule has 3 atom stereocenters. The smallest absolute Gasteiger partial charge is 0.307 e. The van der Waals surface area contributed by atoms with E-state index in [4.69, 9.17) is 4.74 Å². The maximum atomic E-state index is 12.4. The molecule has 0 bridgehead atoms. The first-order chi connectivity index (χ1) is 4.91. The molecule has 5 heteroatoms. The molecule has 0 aromatic carbocycles. The van der Waals surface area contributed by atoms with Crippen LogP contribution in [0.1, 0.15) is 20.3 Å². The molecule has 1 aliphatic heterocycles. The van der Waals surface area contributed by atoms with Crippen LogP contribution in [0.4, 0.5) is 3.89 Å². The summed E-state index contributed by atoms with van der Waals surface area (Å²) >= 11 is 0. The van der Waals surface area contributed by atoms with Gasteiger partial charge in [-0.2, -0.15) is 8.42 Å². The Bertz CT molecular complexity index is 236. The highest BCUT2D eigenvalue weighted by molar-refractivity contribution is 7.87. The van der Waals surface area contributed by atoms with Crippen molar-refractivity contribution in [2.45, 2.75) is 37.7 Å². The average molecular weight is 182 g/mol. The molecule has 11 heavy (non-hydrogen) atoms. The van der Waals surface area contributed by atoms with Crippen LogP contribution in [0.5, 0.6) is 0 Å². The number of ether oxygens (including phenoxy) is 1. The summed E-state index contributed by atoms with van der Waals surface area (Å²) in [7, 11) is -4.41. The highest BCUT2D eigenvalue weighted by Gasteiger charge is 2.39. The monoisotopic (exact) mass is 182 g/mol. The molecule has 1 heterocycles. The third-order valence-electron chi connectivity index (χ3n) is 1.90. The van der Waals surface area contributed by atoms with Gasteiger partial charge in [0.15, 0.2) is 0 Å². The van der Waals surface area contributed by atoms with Gasteiger partial charge in [-0.3, -0.25) is 0 Å². The molecular weight excluding hydrogens is 171 g/mol. The molecule has 1 aliphatic rings. The Hall–Kier alpha value is -0.160. The summed E-state index contributed by atoms with van der Waals surface area (Å²) in [6, 6.07) is 0. The van der Waals surface area contributed by atoms with E-state index in [2.05, 4.69) is 0 Å². The second-order valence-corrected chi connectivity index (χ2v) is 4.46. The fourth-order valence-electron chi connectivity index (χ4n) is 1.37. The van der Waals surface area contributed by atoms with Crippen LogP contribution in [0.25, 0.3) is 0 Å². The summed E-state index contributed by atoms with van der Waals surface area (Å²) in [5.41, 5.74) is 0. The van der Waals surface area contributed by atoms with Crippen LogP contribution in [-0.2, 0) is 15.0 Å². The molecule has 0 radical (unpaired) electrons. The molecule has 3 unspecified atom stereocenters. The van der Waals surface area contributed by atoms with Crippen molar-refractivity contribution in [3.05, 3.63) is 0 Å². The lowest BCUT2D eigenvalue weighted by Gasteiger charge is -2.07. The lowest BCUT2D eigenvalue weighted by atomic mass is 10.2. The summed E-state index contributed by atoms with van der Waals surface area (Å²) in [6.45, 7) is 3.31. The maximum absolute atomic E-state index is 12.4. The van der Waals surface area contributed by atoms with Crippen molar-refractivity contribution >= 4 is 10.2 Å². The van der Waals surface area contributed by atoms with E-state index in [1.165, 1.54) is 0 Å². The zero-order chi connectivity index (χ0) is 8.65. The molecule has 3 nitrogen and oxygen atoms in total. The Labute approximate surface area is 65.8 Å². The van der Waals surface area contributed by atoms with Gasteiger partial charge in [-0.15, -0.1) is 3.89 Å². The molecular formula is C6H11FO3S. The number of hydrogen-bond donors (Lipinski definition) is 0. The summed E-state index contributed by atoms with van der Waals surface area (Å²) in [6.07, 6.45) is -0.402. The van der Waals surface area contributed by atoms with Gasteiger partial charge >= 0.3 is 10.2 Å². The summed E-state index contributed by atoms with van der Waals surface area (Å²) < 4.78 is 38.4. The van der Waals surface area contributed by atoms with Crippen LogP contribution in [-0.4, -0.2) is 25.9 Å². The molecule has 0 aromatic heterocycles. The normalized spacial score (nSPS) is 39.4. The molecule has 0 aromatic rings. The van der Waals surface area contributed by atoms with E-state index in [0.717, 1.165) is 0 Å². The van der Waals surface area contributed by atoms with Gasteiger partial charge in [-0.25, -0.2) is 0 Å². The van der Waals surface area contributed by atoms with Gasteiger partial charge in [0.05, 0.1) is 12.2 Å². The Morgan fingerprint density at radius 2 is 2.00 bits per heavy atom. The molecule has 0 amide bonds.